The third-order valence-electron chi connectivity index (χ3n) is 3.58. The SMILES string of the molecule is CC(C)COC(=O)N1CCCN(c2c(F)c(F)nc(F)c2F)CC1. The van der Waals surface area contributed by atoms with E-state index in [1.165, 1.54) is 9.80 Å². The van der Waals surface area contributed by atoms with E-state index in [2.05, 4.69) is 4.98 Å². The molecule has 1 aromatic heterocycles. The summed E-state index contributed by atoms with van der Waals surface area (Å²) in [6.07, 6.45) is -0.139. The summed E-state index contributed by atoms with van der Waals surface area (Å²) in [4.78, 5) is 17.1. The molecule has 0 aromatic carbocycles. The molecule has 1 aliphatic heterocycles. The third kappa shape index (κ3) is 4.07. The Balaban J connectivity index is 2.10. The van der Waals surface area contributed by atoms with Crippen molar-refractivity contribution in [1.29, 1.82) is 0 Å². The Morgan fingerprint density at radius 2 is 1.71 bits per heavy atom. The minimum absolute atomic E-state index is 0.0213. The van der Waals surface area contributed by atoms with E-state index in [-0.39, 0.29) is 32.2 Å². The second-order valence-corrected chi connectivity index (χ2v) is 5.97. The molecule has 0 saturated carbocycles. The first-order valence-corrected chi connectivity index (χ1v) is 7.68. The molecule has 1 fully saturated rings. The summed E-state index contributed by atoms with van der Waals surface area (Å²) in [6.45, 7) is 4.68. The van der Waals surface area contributed by atoms with E-state index in [4.69, 9.17) is 4.74 Å². The molecule has 0 radical (unpaired) electrons. The van der Waals surface area contributed by atoms with Crippen molar-refractivity contribution >= 4 is 11.8 Å². The number of ether oxygens (including phenoxy) is 1. The van der Waals surface area contributed by atoms with Crippen molar-refractivity contribution in [3.63, 3.8) is 0 Å². The summed E-state index contributed by atoms with van der Waals surface area (Å²) in [7, 11) is 0. The van der Waals surface area contributed by atoms with Gasteiger partial charge >= 0.3 is 6.09 Å². The molecule has 0 aliphatic carbocycles. The van der Waals surface area contributed by atoms with E-state index in [0.717, 1.165) is 0 Å². The Kier molecular flexibility index (Phi) is 5.84. The summed E-state index contributed by atoms with van der Waals surface area (Å²) in [5.74, 6) is -6.28. The molecule has 134 valence electrons. The highest BCUT2D eigenvalue weighted by Gasteiger charge is 2.28. The highest BCUT2D eigenvalue weighted by Crippen LogP contribution is 2.27. The van der Waals surface area contributed by atoms with Crippen LogP contribution in [0.25, 0.3) is 0 Å². The van der Waals surface area contributed by atoms with Gasteiger partial charge < -0.3 is 14.5 Å². The number of aromatic nitrogens is 1. The van der Waals surface area contributed by atoms with Gasteiger partial charge in [-0.05, 0) is 12.3 Å². The van der Waals surface area contributed by atoms with Gasteiger partial charge in [0, 0.05) is 26.2 Å². The summed E-state index contributed by atoms with van der Waals surface area (Å²) >= 11 is 0. The normalized spacial score (nSPS) is 15.6. The van der Waals surface area contributed by atoms with Crippen LogP contribution < -0.4 is 4.90 Å². The fourth-order valence-electron chi connectivity index (χ4n) is 2.41. The van der Waals surface area contributed by atoms with Crippen LogP contribution in [0.1, 0.15) is 20.3 Å². The van der Waals surface area contributed by atoms with Gasteiger partial charge in [-0.2, -0.15) is 22.5 Å². The first kappa shape index (κ1) is 18.3. The first-order valence-electron chi connectivity index (χ1n) is 7.68. The number of anilines is 1. The van der Waals surface area contributed by atoms with Gasteiger partial charge in [-0.15, -0.1) is 0 Å². The molecule has 2 rings (SSSR count). The maximum atomic E-state index is 13.8. The quantitative estimate of drug-likeness (QED) is 0.622. The van der Waals surface area contributed by atoms with Gasteiger partial charge in [0.05, 0.1) is 6.61 Å². The van der Waals surface area contributed by atoms with E-state index in [9.17, 15) is 22.4 Å². The van der Waals surface area contributed by atoms with Crippen LogP contribution in [0, 0.1) is 29.4 Å². The molecule has 9 heteroatoms. The van der Waals surface area contributed by atoms with Crippen LogP contribution in [0.5, 0.6) is 0 Å². The summed E-state index contributed by atoms with van der Waals surface area (Å²) < 4.78 is 59.3. The zero-order chi connectivity index (χ0) is 17.9. The fourth-order valence-corrected chi connectivity index (χ4v) is 2.41. The van der Waals surface area contributed by atoms with Crippen LogP contribution in [-0.2, 0) is 4.74 Å². The monoisotopic (exact) mass is 349 g/mol. The van der Waals surface area contributed by atoms with Gasteiger partial charge in [-0.3, -0.25) is 0 Å². The Labute approximate surface area is 137 Å². The number of halogens is 4. The number of nitrogens with zero attached hydrogens (tertiary/aromatic N) is 3. The van der Waals surface area contributed by atoms with Gasteiger partial charge in [-0.1, -0.05) is 13.8 Å². The number of hydrogen-bond acceptors (Lipinski definition) is 4. The maximum Gasteiger partial charge on any atom is 0.409 e. The number of carbonyl (C=O) groups is 1. The summed E-state index contributed by atoms with van der Waals surface area (Å²) in [5.41, 5.74) is -0.794. The van der Waals surface area contributed by atoms with Crippen molar-refractivity contribution in [2.24, 2.45) is 5.92 Å². The van der Waals surface area contributed by atoms with Crippen LogP contribution in [0.3, 0.4) is 0 Å². The van der Waals surface area contributed by atoms with Crippen molar-refractivity contribution in [2.45, 2.75) is 20.3 Å². The number of rotatable bonds is 3. The number of pyridine rings is 1. The second kappa shape index (κ2) is 7.67. The van der Waals surface area contributed by atoms with Crippen LogP contribution >= 0.6 is 0 Å². The predicted octanol–water partition coefficient (Wildman–Crippen LogP) is 2.94. The van der Waals surface area contributed by atoms with Crippen LogP contribution in [-0.4, -0.2) is 48.8 Å². The average molecular weight is 349 g/mol. The lowest BCUT2D eigenvalue weighted by Crippen LogP contribution is -2.36. The standard InChI is InChI=1S/C15H19F4N3O2/c1-9(2)8-24-15(23)22-5-3-4-21(6-7-22)12-10(16)13(18)20-14(19)11(12)17/h9H,3-8H2,1-2H3. The molecular formula is C15H19F4N3O2. The Hall–Kier alpha value is -2.06. The topological polar surface area (TPSA) is 45.7 Å². The van der Waals surface area contributed by atoms with Crippen molar-refractivity contribution in [3.8, 4) is 0 Å². The molecule has 0 bridgehead atoms. The Morgan fingerprint density at radius 3 is 2.29 bits per heavy atom. The van der Waals surface area contributed by atoms with Crippen molar-refractivity contribution in [1.82, 2.24) is 9.88 Å². The lowest BCUT2D eigenvalue weighted by atomic mass is 10.2. The Bertz CT molecular complexity index is 587. The van der Waals surface area contributed by atoms with E-state index in [1.54, 1.807) is 0 Å². The van der Waals surface area contributed by atoms with Crippen LogP contribution in [0.2, 0.25) is 0 Å². The second-order valence-electron chi connectivity index (χ2n) is 5.97. The van der Waals surface area contributed by atoms with Gasteiger partial charge in [-0.25, -0.2) is 4.79 Å². The largest absolute Gasteiger partial charge is 0.449 e. The lowest BCUT2D eigenvalue weighted by molar-refractivity contribution is 0.0943. The fraction of sp³-hybridized carbons (Fsp3) is 0.600. The van der Waals surface area contributed by atoms with Crippen molar-refractivity contribution < 1.29 is 27.1 Å². The van der Waals surface area contributed by atoms with E-state index < -0.39 is 35.3 Å². The molecule has 0 spiro atoms. The molecular weight excluding hydrogens is 330 g/mol. The van der Waals surface area contributed by atoms with Crippen molar-refractivity contribution in [3.05, 3.63) is 23.5 Å². The van der Waals surface area contributed by atoms with Gasteiger partial charge in [0.15, 0.2) is 0 Å². The number of amides is 1. The van der Waals surface area contributed by atoms with Gasteiger partial charge in [0.1, 0.15) is 5.69 Å². The minimum Gasteiger partial charge on any atom is -0.449 e. The zero-order valence-corrected chi connectivity index (χ0v) is 13.5. The molecule has 24 heavy (non-hydrogen) atoms. The summed E-state index contributed by atoms with van der Waals surface area (Å²) in [5, 5.41) is 0. The van der Waals surface area contributed by atoms with E-state index in [1.807, 2.05) is 13.8 Å². The molecule has 0 atom stereocenters. The van der Waals surface area contributed by atoms with E-state index in [0.29, 0.717) is 13.0 Å². The molecule has 2 heterocycles. The molecule has 0 unspecified atom stereocenters. The lowest BCUT2D eigenvalue weighted by Gasteiger charge is -2.24. The molecule has 0 N–H and O–H groups in total. The van der Waals surface area contributed by atoms with E-state index >= 15 is 0 Å². The molecule has 1 saturated heterocycles. The smallest absolute Gasteiger partial charge is 0.409 e. The molecule has 1 aromatic rings. The molecule has 1 aliphatic rings. The highest BCUT2D eigenvalue weighted by molar-refractivity contribution is 5.67. The maximum absolute atomic E-state index is 13.8. The first-order chi connectivity index (χ1) is 11.3. The minimum atomic E-state index is -1.69. The third-order valence-corrected chi connectivity index (χ3v) is 3.58. The summed E-state index contributed by atoms with van der Waals surface area (Å²) in [6, 6.07) is 0. The molecule has 1 amide bonds. The van der Waals surface area contributed by atoms with Gasteiger partial charge in [0.2, 0.25) is 11.6 Å². The number of carbonyl (C=O) groups excluding carboxylic acids is 1. The van der Waals surface area contributed by atoms with Crippen molar-refractivity contribution in [2.75, 3.05) is 37.7 Å². The van der Waals surface area contributed by atoms with Crippen LogP contribution in [0.4, 0.5) is 28.0 Å². The average Bonchev–Trinajstić information content (AvgIpc) is 2.77. The Morgan fingerprint density at radius 1 is 1.08 bits per heavy atom. The zero-order valence-electron chi connectivity index (χ0n) is 13.5. The van der Waals surface area contributed by atoms with Crippen LogP contribution in [0.15, 0.2) is 0 Å². The predicted molar refractivity (Wildman–Crippen MR) is 78.7 cm³/mol. The number of hydrogen-bond donors (Lipinski definition) is 0. The van der Waals surface area contributed by atoms with Gasteiger partial charge in [0.25, 0.3) is 11.9 Å². The molecule has 5 nitrogen and oxygen atoms in total. The highest BCUT2D eigenvalue weighted by atomic mass is 19.2.